The van der Waals surface area contributed by atoms with Gasteiger partial charge in [0.05, 0.1) is 12.7 Å². The minimum absolute atomic E-state index is 0.0909. The van der Waals surface area contributed by atoms with E-state index in [1.165, 1.54) is 25.3 Å². The summed E-state index contributed by atoms with van der Waals surface area (Å²) in [6.07, 6.45) is 3.35. The predicted octanol–water partition coefficient (Wildman–Crippen LogP) is 4.73. The zero-order valence-corrected chi connectivity index (χ0v) is 15.5. The molecule has 3 aromatic rings. The first-order valence-corrected chi connectivity index (χ1v) is 8.60. The van der Waals surface area contributed by atoms with Crippen LogP contribution in [-0.2, 0) is 6.54 Å². The van der Waals surface area contributed by atoms with E-state index in [9.17, 15) is 18.7 Å². The molecule has 1 N–H and O–H groups in total. The lowest BCUT2D eigenvalue weighted by Crippen LogP contribution is -2.17. The van der Waals surface area contributed by atoms with Crippen LogP contribution in [0.4, 0.5) is 20.2 Å². The molecule has 0 atom stereocenters. The second kappa shape index (κ2) is 9.01. The molecule has 0 saturated carbocycles. The van der Waals surface area contributed by atoms with Gasteiger partial charge in [0.2, 0.25) is 0 Å². The normalized spacial score (nSPS) is 10.6. The first-order valence-electron chi connectivity index (χ1n) is 8.60. The van der Waals surface area contributed by atoms with Crippen LogP contribution in [0, 0.1) is 0 Å². The van der Waals surface area contributed by atoms with Crippen LogP contribution in [0.1, 0.15) is 15.9 Å². The summed E-state index contributed by atoms with van der Waals surface area (Å²) in [6.45, 7) is -2.61. The molecule has 0 unspecified atom stereocenters. The van der Waals surface area contributed by atoms with Crippen LogP contribution in [0.3, 0.4) is 0 Å². The van der Waals surface area contributed by atoms with Crippen LogP contribution in [0.25, 0.3) is 0 Å². The fourth-order valence-corrected chi connectivity index (χ4v) is 2.83. The summed E-state index contributed by atoms with van der Waals surface area (Å²) < 4.78 is 34.9. The lowest BCUT2D eigenvalue weighted by Gasteiger charge is -2.26. The number of carboxylic acid groups (broad SMARTS) is 1. The number of hydrogen-bond donors (Lipinski definition) is 1. The van der Waals surface area contributed by atoms with Gasteiger partial charge in [-0.05, 0) is 42.0 Å². The summed E-state index contributed by atoms with van der Waals surface area (Å²) in [5.41, 5.74) is 2.22. The maximum Gasteiger partial charge on any atom is 0.387 e. The van der Waals surface area contributed by atoms with Crippen molar-refractivity contribution in [1.29, 1.82) is 0 Å². The average molecular weight is 400 g/mol. The second-order valence-corrected chi connectivity index (χ2v) is 6.02. The number of pyridine rings is 1. The number of carbonyl (C=O) groups is 1. The largest absolute Gasteiger partial charge is 0.493 e. The van der Waals surface area contributed by atoms with E-state index in [-0.39, 0.29) is 17.1 Å². The zero-order chi connectivity index (χ0) is 20.8. The maximum absolute atomic E-state index is 12.6. The van der Waals surface area contributed by atoms with Crippen molar-refractivity contribution in [2.45, 2.75) is 13.2 Å². The smallest absolute Gasteiger partial charge is 0.387 e. The number of rotatable bonds is 8. The quantitative estimate of drug-likeness (QED) is 0.590. The van der Waals surface area contributed by atoms with Gasteiger partial charge >= 0.3 is 12.6 Å². The van der Waals surface area contributed by atoms with Gasteiger partial charge in [0.15, 0.2) is 11.5 Å². The number of halogens is 2. The average Bonchev–Trinajstić information content (AvgIpc) is 2.73. The van der Waals surface area contributed by atoms with E-state index in [0.717, 1.165) is 5.56 Å². The zero-order valence-electron chi connectivity index (χ0n) is 15.5. The number of aromatic carboxylic acids is 1. The minimum atomic E-state index is -2.98. The number of ether oxygens (including phenoxy) is 2. The van der Waals surface area contributed by atoms with Gasteiger partial charge in [0, 0.05) is 36.4 Å². The molecule has 0 aliphatic heterocycles. The molecule has 150 valence electrons. The highest BCUT2D eigenvalue weighted by Crippen LogP contribution is 2.36. The Balaban J connectivity index is 2.05. The van der Waals surface area contributed by atoms with Crippen molar-refractivity contribution < 1.29 is 28.2 Å². The minimum Gasteiger partial charge on any atom is -0.493 e. The Labute approximate surface area is 165 Å². The first kappa shape index (κ1) is 20.1. The Kier molecular flexibility index (Phi) is 6.23. The number of carboxylic acids is 1. The molecule has 3 rings (SSSR count). The monoisotopic (exact) mass is 400 g/mol. The number of anilines is 2. The summed E-state index contributed by atoms with van der Waals surface area (Å²) in [4.78, 5) is 17.3. The third kappa shape index (κ3) is 4.98. The number of benzene rings is 2. The molecule has 0 saturated heterocycles. The number of nitrogens with zero attached hydrogens (tertiary/aromatic N) is 2. The fraction of sp³-hybridized carbons (Fsp3) is 0.143. The fourth-order valence-electron chi connectivity index (χ4n) is 2.83. The SMILES string of the molecule is COc1cc(N(Cc2cccnc2)c2cccc(C(=O)O)c2)ccc1OC(F)F. The Morgan fingerprint density at radius 2 is 1.90 bits per heavy atom. The van der Waals surface area contributed by atoms with E-state index in [1.54, 1.807) is 42.7 Å². The maximum atomic E-state index is 12.6. The van der Waals surface area contributed by atoms with Crippen LogP contribution < -0.4 is 14.4 Å². The van der Waals surface area contributed by atoms with Gasteiger partial charge in [-0.2, -0.15) is 8.78 Å². The Morgan fingerprint density at radius 1 is 1.10 bits per heavy atom. The van der Waals surface area contributed by atoms with Crippen molar-refractivity contribution in [1.82, 2.24) is 4.98 Å². The predicted molar refractivity (Wildman–Crippen MR) is 103 cm³/mol. The Bertz CT molecular complexity index is 983. The Morgan fingerprint density at radius 3 is 2.55 bits per heavy atom. The standard InChI is InChI=1S/C21H18F2N2O4/c1-28-19-11-17(7-8-18(19)29-21(22)23)25(13-14-4-3-9-24-12-14)16-6-2-5-15(10-16)20(26)27/h2-12,21H,13H2,1H3,(H,26,27). The van der Waals surface area contributed by atoms with Gasteiger partial charge in [-0.15, -0.1) is 0 Å². The highest BCUT2D eigenvalue weighted by atomic mass is 19.3. The number of hydrogen-bond acceptors (Lipinski definition) is 5. The highest BCUT2D eigenvalue weighted by molar-refractivity contribution is 5.89. The molecule has 1 heterocycles. The molecule has 8 heteroatoms. The van der Waals surface area contributed by atoms with Crippen LogP contribution in [0.5, 0.6) is 11.5 Å². The van der Waals surface area contributed by atoms with Gasteiger partial charge in [-0.1, -0.05) is 12.1 Å². The first-order chi connectivity index (χ1) is 14.0. The van der Waals surface area contributed by atoms with E-state index in [0.29, 0.717) is 17.9 Å². The summed E-state index contributed by atoms with van der Waals surface area (Å²) in [6, 6.07) is 14.7. The van der Waals surface area contributed by atoms with Crippen molar-refractivity contribution in [3.8, 4) is 11.5 Å². The van der Waals surface area contributed by atoms with Crippen LogP contribution in [0.15, 0.2) is 67.0 Å². The van der Waals surface area contributed by atoms with Crippen molar-refractivity contribution in [3.63, 3.8) is 0 Å². The molecule has 0 amide bonds. The molecule has 29 heavy (non-hydrogen) atoms. The van der Waals surface area contributed by atoms with Gasteiger partial charge in [-0.3, -0.25) is 4.98 Å². The van der Waals surface area contributed by atoms with Gasteiger partial charge in [0.25, 0.3) is 0 Å². The third-order valence-corrected chi connectivity index (χ3v) is 4.14. The molecule has 1 aromatic heterocycles. The van der Waals surface area contributed by atoms with E-state index < -0.39 is 12.6 Å². The van der Waals surface area contributed by atoms with E-state index in [4.69, 9.17) is 4.74 Å². The molecular formula is C21H18F2N2O4. The van der Waals surface area contributed by atoms with Crippen molar-refractivity contribution in [3.05, 3.63) is 78.1 Å². The topological polar surface area (TPSA) is 71.9 Å². The van der Waals surface area contributed by atoms with Crippen LogP contribution >= 0.6 is 0 Å². The molecule has 0 bridgehead atoms. The van der Waals surface area contributed by atoms with Crippen LogP contribution in [-0.4, -0.2) is 29.8 Å². The summed E-state index contributed by atoms with van der Waals surface area (Å²) >= 11 is 0. The van der Waals surface area contributed by atoms with Gasteiger partial charge in [-0.25, -0.2) is 4.79 Å². The molecule has 0 fully saturated rings. The molecule has 6 nitrogen and oxygen atoms in total. The van der Waals surface area contributed by atoms with Crippen molar-refractivity contribution in [2.24, 2.45) is 0 Å². The van der Waals surface area contributed by atoms with E-state index in [1.807, 2.05) is 11.0 Å². The molecule has 0 aliphatic rings. The second-order valence-electron chi connectivity index (χ2n) is 6.02. The lowest BCUT2D eigenvalue weighted by molar-refractivity contribution is -0.0512. The summed E-state index contributed by atoms with van der Waals surface area (Å²) in [5, 5.41) is 9.32. The molecule has 0 spiro atoms. The number of methoxy groups -OCH3 is 1. The molecule has 2 aromatic carbocycles. The van der Waals surface area contributed by atoms with Gasteiger partial charge in [0.1, 0.15) is 0 Å². The van der Waals surface area contributed by atoms with Crippen molar-refractivity contribution in [2.75, 3.05) is 12.0 Å². The highest BCUT2D eigenvalue weighted by Gasteiger charge is 2.17. The number of aromatic nitrogens is 1. The van der Waals surface area contributed by atoms with Crippen LogP contribution in [0.2, 0.25) is 0 Å². The van der Waals surface area contributed by atoms with E-state index in [2.05, 4.69) is 9.72 Å². The summed E-state index contributed by atoms with van der Waals surface area (Å²) in [5.74, 6) is -1.01. The Hall–Kier alpha value is -3.68. The summed E-state index contributed by atoms with van der Waals surface area (Å²) in [7, 11) is 1.36. The third-order valence-electron chi connectivity index (χ3n) is 4.14. The lowest BCUT2D eigenvalue weighted by atomic mass is 10.1. The van der Waals surface area contributed by atoms with E-state index >= 15 is 0 Å². The number of alkyl halides is 2. The van der Waals surface area contributed by atoms with Gasteiger partial charge < -0.3 is 19.5 Å². The van der Waals surface area contributed by atoms with Crippen molar-refractivity contribution >= 4 is 17.3 Å². The molecule has 0 radical (unpaired) electrons. The molecule has 0 aliphatic carbocycles. The molecular weight excluding hydrogens is 382 g/mol.